The zero-order valence-corrected chi connectivity index (χ0v) is 18.0. The lowest BCUT2D eigenvalue weighted by Gasteiger charge is -2.22. The molecule has 0 spiro atoms. The van der Waals surface area contributed by atoms with Crippen LogP contribution in [0.5, 0.6) is 5.75 Å². The van der Waals surface area contributed by atoms with E-state index in [0.717, 1.165) is 25.7 Å². The highest BCUT2D eigenvalue weighted by Gasteiger charge is 2.24. The molecule has 0 aliphatic heterocycles. The number of pyridine rings is 1. The van der Waals surface area contributed by atoms with Gasteiger partial charge >= 0.3 is 0 Å². The van der Waals surface area contributed by atoms with Gasteiger partial charge in [0.05, 0.1) is 7.11 Å². The van der Waals surface area contributed by atoms with E-state index in [2.05, 4.69) is 4.98 Å². The Kier molecular flexibility index (Phi) is 5.85. The highest BCUT2D eigenvalue weighted by Crippen LogP contribution is 2.41. The maximum atomic E-state index is 15.2. The van der Waals surface area contributed by atoms with Crippen molar-refractivity contribution in [2.24, 2.45) is 5.92 Å². The first kappa shape index (κ1) is 21.5. The molecule has 1 aliphatic rings. The topological polar surface area (TPSA) is 96.5 Å². The molecule has 0 saturated heterocycles. The van der Waals surface area contributed by atoms with Crippen LogP contribution in [0.25, 0.3) is 22.0 Å². The van der Waals surface area contributed by atoms with Gasteiger partial charge in [0.2, 0.25) is 5.56 Å². The number of benzene rings is 2. The summed E-state index contributed by atoms with van der Waals surface area (Å²) in [4.78, 5) is 14.0. The van der Waals surface area contributed by atoms with Crippen LogP contribution in [0.15, 0.2) is 46.1 Å². The molecule has 1 fully saturated rings. The number of halogens is 1. The number of nitrogens with one attached hydrogen (secondary N) is 1. The first-order chi connectivity index (χ1) is 14.8. The van der Waals surface area contributed by atoms with E-state index in [9.17, 15) is 17.8 Å². The average molecular weight is 446 g/mol. The Morgan fingerprint density at radius 2 is 1.87 bits per heavy atom. The van der Waals surface area contributed by atoms with Gasteiger partial charge in [0.1, 0.15) is 16.5 Å². The summed E-state index contributed by atoms with van der Waals surface area (Å²) in [6, 6.07) is 8.15. The number of aromatic amines is 1. The number of hydrogen-bond acceptors (Lipinski definition) is 4. The van der Waals surface area contributed by atoms with E-state index in [0.29, 0.717) is 34.6 Å². The number of fused-ring (bicyclic) bond motifs is 1. The van der Waals surface area contributed by atoms with E-state index in [1.165, 1.54) is 43.9 Å². The molecule has 0 amide bonds. The van der Waals surface area contributed by atoms with Crippen LogP contribution in [0.3, 0.4) is 0 Å². The molecular formula is C23H24FNO5S. The molecule has 4 rings (SSSR count). The molecule has 0 bridgehead atoms. The Morgan fingerprint density at radius 3 is 2.55 bits per heavy atom. The van der Waals surface area contributed by atoms with Gasteiger partial charge in [-0.25, -0.2) is 4.39 Å². The predicted octanol–water partition coefficient (Wildman–Crippen LogP) is 4.71. The van der Waals surface area contributed by atoms with Gasteiger partial charge in [-0.05, 0) is 48.2 Å². The molecule has 0 radical (unpaired) electrons. The lowest BCUT2D eigenvalue weighted by atomic mass is 9.84. The third-order valence-electron chi connectivity index (χ3n) is 6.02. The van der Waals surface area contributed by atoms with Gasteiger partial charge in [-0.1, -0.05) is 32.1 Å². The summed E-state index contributed by atoms with van der Waals surface area (Å²) in [5.74, 6) is 0.259. The highest BCUT2D eigenvalue weighted by atomic mass is 32.2. The highest BCUT2D eigenvalue weighted by molar-refractivity contribution is 7.86. The summed E-state index contributed by atoms with van der Waals surface area (Å²) in [6.07, 6.45) is 6.22. The third-order valence-corrected chi connectivity index (χ3v) is 6.91. The van der Waals surface area contributed by atoms with Crippen LogP contribution in [-0.2, 0) is 16.5 Å². The molecule has 1 heterocycles. The van der Waals surface area contributed by atoms with Gasteiger partial charge in [0.25, 0.3) is 10.1 Å². The van der Waals surface area contributed by atoms with Gasteiger partial charge in [-0.2, -0.15) is 8.42 Å². The first-order valence-electron chi connectivity index (χ1n) is 10.3. The quantitative estimate of drug-likeness (QED) is 0.555. The van der Waals surface area contributed by atoms with E-state index in [1.54, 1.807) is 6.07 Å². The minimum absolute atomic E-state index is 0.0798. The maximum absolute atomic E-state index is 15.2. The van der Waals surface area contributed by atoms with Gasteiger partial charge < -0.3 is 9.72 Å². The second kappa shape index (κ2) is 8.43. The van der Waals surface area contributed by atoms with Gasteiger partial charge in [-0.3, -0.25) is 9.35 Å². The Bertz CT molecular complexity index is 1290. The zero-order chi connectivity index (χ0) is 22.2. The van der Waals surface area contributed by atoms with Crippen molar-refractivity contribution in [3.63, 3.8) is 0 Å². The van der Waals surface area contributed by atoms with E-state index >= 15 is 4.39 Å². The molecule has 164 valence electrons. The van der Waals surface area contributed by atoms with Crippen molar-refractivity contribution < 1.29 is 22.1 Å². The summed E-state index contributed by atoms with van der Waals surface area (Å²) in [7, 11) is -3.19. The Morgan fingerprint density at radius 1 is 1.13 bits per heavy atom. The van der Waals surface area contributed by atoms with E-state index in [4.69, 9.17) is 4.74 Å². The normalized spacial score (nSPS) is 15.3. The predicted molar refractivity (Wildman–Crippen MR) is 117 cm³/mol. The van der Waals surface area contributed by atoms with Gasteiger partial charge in [0.15, 0.2) is 0 Å². The van der Waals surface area contributed by atoms with Crippen molar-refractivity contribution in [2.75, 3.05) is 7.11 Å². The third kappa shape index (κ3) is 4.36. The molecule has 2 aromatic carbocycles. The molecule has 1 aliphatic carbocycles. The minimum atomic E-state index is -4.62. The zero-order valence-electron chi connectivity index (χ0n) is 17.2. The average Bonchev–Trinajstić information content (AvgIpc) is 2.74. The number of hydrogen-bond donors (Lipinski definition) is 2. The first-order valence-corrected chi connectivity index (χ1v) is 11.7. The van der Waals surface area contributed by atoms with Crippen molar-refractivity contribution in [3.8, 4) is 16.9 Å². The lowest BCUT2D eigenvalue weighted by molar-refractivity contribution is 0.352. The Hall–Kier alpha value is -2.71. The molecule has 1 saturated carbocycles. The summed E-state index contributed by atoms with van der Waals surface area (Å²) < 4.78 is 54.7. The number of ether oxygens (including phenoxy) is 1. The number of methoxy groups -OCH3 is 1. The number of H-pyrrole nitrogens is 1. The lowest BCUT2D eigenvalue weighted by Crippen LogP contribution is -2.11. The van der Waals surface area contributed by atoms with Crippen LogP contribution in [0.4, 0.5) is 4.39 Å². The van der Waals surface area contributed by atoms with Crippen molar-refractivity contribution in [1.82, 2.24) is 4.98 Å². The second-order valence-electron chi connectivity index (χ2n) is 8.05. The van der Waals surface area contributed by atoms with E-state index < -0.39 is 15.9 Å². The van der Waals surface area contributed by atoms with Crippen molar-refractivity contribution >= 4 is 21.0 Å². The van der Waals surface area contributed by atoms with Crippen LogP contribution >= 0.6 is 0 Å². The maximum Gasteiger partial charge on any atom is 0.295 e. The standard InChI is InChI=1S/C23H24FNO5S/c1-30-20-12-15(11-14-5-3-2-4-6-14)18(24)13-17(20)23-16-7-10-22(26)25-19(16)8-9-21(23)31(27,28)29/h7-10,12-14H,2-6,11H2,1H3,(H,25,26)(H,27,28,29). The Labute approximate surface area is 179 Å². The summed E-state index contributed by atoms with van der Waals surface area (Å²) in [5.41, 5.74) is 0.797. The van der Waals surface area contributed by atoms with Crippen molar-refractivity contribution in [1.29, 1.82) is 0 Å². The van der Waals surface area contributed by atoms with Crippen LogP contribution < -0.4 is 10.3 Å². The molecule has 2 N–H and O–H groups in total. The monoisotopic (exact) mass is 445 g/mol. The second-order valence-corrected chi connectivity index (χ2v) is 9.44. The van der Waals surface area contributed by atoms with E-state index in [-0.39, 0.29) is 21.6 Å². The van der Waals surface area contributed by atoms with Crippen LogP contribution in [-0.4, -0.2) is 25.1 Å². The van der Waals surface area contributed by atoms with Crippen LogP contribution in [0, 0.1) is 11.7 Å². The number of aromatic nitrogens is 1. The van der Waals surface area contributed by atoms with Gasteiger partial charge in [0, 0.05) is 28.1 Å². The molecule has 3 aromatic rings. The smallest absolute Gasteiger partial charge is 0.295 e. The SMILES string of the molecule is COc1cc(CC2CCCCC2)c(F)cc1-c1c(S(=O)(=O)O)ccc2[nH]c(=O)ccc12. The van der Waals surface area contributed by atoms with E-state index in [1.807, 2.05) is 0 Å². The molecule has 0 atom stereocenters. The fourth-order valence-corrected chi connectivity index (χ4v) is 5.24. The fraction of sp³-hybridized carbons (Fsp3) is 0.348. The van der Waals surface area contributed by atoms with Gasteiger partial charge in [-0.15, -0.1) is 0 Å². The minimum Gasteiger partial charge on any atom is -0.496 e. The number of rotatable bonds is 5. The van der Waals surface area contributed by atoms with Crippen LogP contribution in [0.2, 0.25) is 0 Å². The molecular weight excluding hydrogens is 421 g/mol. The summed E-state index contributed by atoms with van der Waals surface area (Å²) in [5, 5.41) is 0.354. The molecule has 0 unspecified atom stereocenters. The van der Waals surface area contributed by atoms with Crippen molar-refractivity contribution in [2.45, 2.75) is 43.4 Å². The molecule has 8 heteroatoms. The van der Waals surface area contributed by atoms with Crippen molar-refractivity contribution in [3.05, 3.63) is 58.1 Å². The fourth-order valence-electron chi connectivity index (χ4n) is 4.53. The molecule has 1 aromatic heterocycles. The molecule has 31 heavy (non-hydrogen) atoms. The van der Waals surface area contributed by atoms with Crippen LogP contribution in [0.1, 0.15) is 37.7 Å². The Balaban J connectivity index is 1.92. The summed E-state index contributed by atoms with van der Waals surface area (Å²) >= 11 is 0. The largest absolute Gasteiger partial charge is 0.496 e. The summed E-state index contributed by atoms with van der Waals surface area (Å²) in [6.45, 7) is 0. The molecule has 6 nitrogen and oxygen atoms in total.